The fraction of sp³-hybridized carbons (Fsp3) is 0.294. The zero-order valence-corrected chi connectivity index (χ0v) is 13.2. The van der Waals surface area contributed by atoms with Crippen molar-refractivity contribution in [1.29, 1.82) is 0 Å². The van der Waals surface area contributed by atoms with Gasteiger partial charge in [0.2, 0.25) is 0 Å². The fourth-order valence-electron chi connectivity index (χ4n) is 2.85. The Labute approximate surface area is 129 Å². The topological polar surface area (TPSA) is 54.3 Å². The predicted molar refractivity (Wildman–Crippen MR) is 85.9 cm³/mol. The van der Waals surface area contributed by atoms with Crippen LogP contribution in [-0.2, 0) is 16.6 Å². The van der Waals surface area contributed by atoms with Crippen LogP contribution in [0.5, 0.6) is 0 Å². The van der Waals surface area contributed by atoms with Crippen molar-refractivity contribution in [3.05, 3.63) is 41.7 Å². The number of para-hydroxylation sites is 1. The van der Waals surface area contributed by atoms with Crippen LogP contribution < -0.4 is 5.32 Å². The Morgan fingerprint density at radius 1 is 1.05 bits per heavy atom. The second-order valence-electron chi connectivity index (χ2n) is 5.89. The summed E-state index contributed by atoms with van der Waals surface area (Å²) in [4.78, 5) is 26.1. The lowest BCUT2D eigenvalue weighted by molar-refractivity contribution is -0.135. The molecular formula is C17H19N3O2. The molecule has 1 N–H and O–H groups in total. The lowest BCUT2D eigenvalue weighted by Gasteiger charge is -2.11. The van der Waals surface area contributed by atoms with Crippen molar-refractivity contribution < 1.29 is 9.59 Å². The van der Waals surface area contributed by atoms with E-state index in [-0.39, 0.29) is 17.9 Å². The SMILES string of the molecule is CC(C)NC1=C(c2cn(C)c3ccccc23)C(=O)N(C)C1=O. The van der Waals surface area contributed by atoms with Crippen LogP contribution in [0.15, 0.2) is 36.2 Å². The molecule has 0 saturated carbocycles. The minimum atomic E-state index is -0.276. The molecule has 0 unspecified atom stereocenters. The maximum absolute atomic E-state index is 12.6. The molecule has 1 aromatic carbocycles. The van der Waals surface area contributed by atoms with Crippen molar-refractivity contribution >= 4 is 28.3 Å². The molecule has 0 spiro atoms. The van der Waals surface area contributed by atoms with Crippen LogP contribution in [0, 0.1) is 0 Å². The van der Waals surface area contributed by atoms with E-state index in [1.165, 1.54) is 11.9 Å². The number of benzene rings is 1. The number of fused-ring (bicyclic) bond motifs is 1. The van der Waals surface area contributed by atoms with Crippen LogP contribution >= 0.6 is 0 Å². The lowest BCUT2D eigenvalue weighted by atomic mass is 10.0. The molecular weight excluding hydrogens is 278 g/mol. The Morgan fingerprint density at radius 3 is 2.41 bits per heavy atom. The summed E-state index contributed by atoms with van der Waals surface area (Å²) in [6.45, 7) is 3.90. The highest BCUT2D eigenvalue weighted by atomic mass is 16.2. The first kappa shape index (κ1) is 14.4. The summed E-state index contributed by atoms with van der Waals surface area (Å²) in [5.74, 6) is -0.536. The smallest absolute Gasteiger partial charge is 0.277 e. The van der Waals surface area contributed by atoms with E-state index >= 15 is 0 Å². The van der Waals surface area contributed by atoms with Crippen LogP contribution in [0.1, 0.15) is 19.4 Å². The van der Waals surface area contributed by atoms with Gasteiger partial charge >= 0.3 is 0 Å². The molecule has 2 aromatic rings. The average Bonchev–Trinajstić information content (AvgIpc) is 2.91. The normalized spacial score (nSPS) is 15.6. The summed E-state index contributed by atoms with van der Waals surface area (Å²) >= 11 is 0. The van der Waals surface area contributed by atoms with Crippen molar-refractivity contribution in [3.8, 4) is 0 Å². The largest absolute Gasteiger partial charge is 0.378 e. The van der Waals surface area contributed by atoms with E-state index in [1.54, 1.807) is 0 Å². The fourth-order valence-corrected chi connectivity index (χ4v) is 2.85. The number of rotatable bonds is 3. The zero-order chi connectivity index (χ0) is 16.0. The number of hydrogen-bond donors (Lipinski definition) is 1. The van der Waals surface area contributed by atoms with Gasteiger partial charge < -0.3 is 9.88 Å². The first-order chi connectivity index (χ1) is 10.4. The monoisotopic (exact) mass is 297 g/mol. The van der Waals surface area contributed by atoms with E-state index < -0.39 is 0 Å². The van der Waals surface area contributed by atoms with Gasteiger partial charge in [0.25, 0.3) is 11.8 Å². The molecule has 1 aromatic heterocycles. The van der Waals surface area contributed by atoms with E-state index in [9.17, 15) is 9.59 Å². The molecule has 0 aliphatic carbocycles. The number of aromatic nitrogens is 1. The van der Waals surface area contributed by atoms with Gasteiger partial charge in [0.1, 0.15) is 5.70 Å². The number of aryl methyl sites for hydroxylation is 1. The van der Waals surface area contributed by atoms with Gasteiger partial charge in [-0.25, -0.2) is 0 Å². The number of imide groups is 1. The number of likely N-dealkylation sites (N-methyl/N-ethyl adjacent to an activating group) is 1. The maximum Gasteiger partial charge on any atom is 0.277 e. The summed E-state index contributed by atoms with van der Waals surface area (Å²) in [5, 5.41) is 4.10. The van der Waals surface area contributed by atoms with E-state index in [2.05, 4.69) is 5.32 Å². The van der Waals surface area contributed by atoms with Gasteiger partial charge in [-0.2, -0.15) is 0 Å². The molecule has 22 heavy (non-hydrogen) atoms. The van der Waals surface area contributed by atoms with Crippen LogP contribution in [0.3, 0.4) is 0 Å². The van der Waals surface area contributed by atoms with Crippen molar-refractivity contribution in [2.24, 2.45) is 7.05 Å². The van der Waals surface area contributed by atoms with Crippen molar-refractivity contribution in [1.82, 2.24) is 14.8 Å². The molecule has 5 nitrogen and oxygen atoms in total. The Morgan fingerprint density at radius 2 is 1.73 bits per heavy atom. The molecule has 2 amide bonds. The van der Waals surface area contributed by atoms with Gasteiger partial charge in [0.15, 0.2) is 0 Å². The van der Waals surface area contributed by atoms with Crippen molar-refractivity contribution in [3.63, 3.8) is 0 Å². The van der Waals surface area contributed by atoms with Crippen LogP contribution in [-0.4, -0.2) is 34.4 Å². The highest BCUT2D eigenvalue weighted by molar-refractivity contribution is 6.37. The third-order valence-corrected chi connectivity index (χ3v) is 3.89. The van der Waals surface area contributed by atoms with Gasteiger partial charge in [-0.1, -0.05) is 18.2 Å². The summed E-state index contributed by atoms with van der Waals surface area (Å²) in [6, 6.07) is 7.94. The van der Waals surface area contributed by atoms with Gasteiger partial charge in [-0.05, 0) is 19.9 Å². The zero-order valence-electron chi connectivity index (χ0n) is 13.2. The Kier molecular flexibility index (Phi) is 3.28. The number of carbonyl (C=O) groups excluding carboxylic acids is 2. The van der Waals surface area contributed by atoms with Crippen molar-refractivity contribution in [2.45, 2.75) is 19.9 Å². The minimum absolute atomic E-state index is 0.0724. The highest BCUT2D eigenvalue weighted by Crippen LogP contribution is 2.33. The second kappa shape index (κ2) is 5.02. The Bertz CT molecular complexity index is 814. The molecule has 0 bridgehead atoms. The van der Waals surface area contributed by atoms with Crippen LogP contribution in [0.4, 0.5) is 0 Å². The summed E-state index contributed by atoms with van der Waals surface area (Å²) in [5.41, 5.74) is 2.67. The summed E-state index contributed by atoms with van der Waals surface area (Å²) in [7, 11) is 3.46. The molecule has 2 heterocycles. The van der Waals surface area contributed by atoms with Crippen LogP contribution in [0.2, 0.25) is 0 Å². The summed E-state index contributed by atoms with van der Waals surface area (Å²) in [6.07, 6.45) is 1.91. The number of amides is 2. The van der Waals surface area contributed by atoms with Gasteiger partial charge in [0.05, 0.1) is 5.57 Å². The quantitative estimate of drug-likeness (QED) is 0.880. The van der Waals surface area contributed by atoms with Crippen LogP contribution in [0.25, 0.3) is 16.5 Å². The lowest BCUT2D eigenvalue weighted by Crippen LogP contribution is -2.32. The molecule has 114 valence electrons. The molecule has 0 fully saturated rings. The standard InChI is InChI=1S/C17H19N3O2/c1-10(2)18-15-14(16(21)20(4)17(15)22)12-9-19(3)13-8-6-5-7-11(12)13/h5-10,18H,1-4H3. The molecule has 0 saturated heterocycles. The molecule has 0 atom stereocenters. The van der Waals surface area contributed by atoms with E-state index in [0.29, 0.717) is 11.3 Å². The average molecular weight is 297 g/mol. The first-order valence-electron chi connectivity index (χ1n) is 7.29. The number of nitrogens with zero attached hydrogens (tertiary/aromatic N) is 2. The van der Waals surface area contributed by atoms with E-state index in [4.69, 9.17) is 0 Å². The van der Waals surface area contributed by atoms with Gasteiger partial charge in [-0.3, -0.25) is 14.5 Å². The first-order valence-corrected chi connectivity index (χ1v) is 7.29. The predicted octanol–water partition coefficient (Wildman–Crippen LogP) is 1.89. The van der Waals surface area contributed by atoms with E-state index in [1.807, 2.05) is 55.9 Å². The number of hydrogen-bond acceptors (Lipinski definition) is 3. The van der Waals surface area contributed by atoms with E-state index in [0.717, 1.165) is 16.5 Å². The third kappa shape index (κ3) is 2.01. The van der Waals surface area contributed by atoms with Crippen molar-refractivity contribution in [2.75, 3.05) is 7.05 Å². The number of carbonyl (C=O) groups is 2. The molecule has 5 heteroatoms. The summed E-state index contributed by atoms with van der Waals surface area (Å²) < 4.78 is 1.97. The molecule has 1 aliphatic rings. The Hall–Kier alpha value is -2.56. The number of nitrogens with one attached hydrogen (secondary N) is 1. The highest BCUT2D eigenvalue weighted by Gasteiger charge is 2.38. The molecule has 0 radical (unpaired) electrons. The molecule has 3 rings (SSSR count). The van der Waals surface area contributed by atoms with Gasteiger partial charge in [0, 0.05) is 42.8 Å². The third-order valence-electron chi connectivity index (χ3n) is 3.89. The Balaban J connectivity index is 2.27. The maximum atomic E-state index is 12.6. The minimum Gasteiger partial charge on any atom is -0.378 e. The second-order valence-corrected chi connectivity index (χ2v) is 5.89. The molecule has 1 aliphatic heterocycles. The van der Waals surface area contributed by atoms with Gasteiger partial charge in [-0.15, -0.1) is 0 Å².